The largest absolute Gasteiger partial charge is 0.392 e. The second kappa shape index (κ2) is 7.31. The number of nitrogens with zero attached hydrogens (tertiary/aromatic N) is 2. The smallest absolute Gasteiger partial charge is 0.222 e. The molecule has 0 bridgehead atoms. The van der Waals surface area contributed by atoms with Gasteiger partial charge in [0.25, 0.3) is 0 Å². The number of aliphatic hydroxyl groups excluding tert-OH is 1. The van der Waals surface area contributed by atoms with E-state index in [1.54, 1.807) is 11.9 Å². The minimum absolute atomic E-state index is 0.0881. The highest BCUT2D eigenvalue weighted by atomic mass is 16.3. The minimum atomic E-state index is -0.245. The third-order valence-corrected chi connectivity index (χ3v) is 5.13. The molecule has 3 unspecified atom stereocenters. The molecule has 1 amide bonds. The molecule has 0 radical (unpaired) electrons. The lowest BCUT2D eigenvalue weighted by Crippen LogP contribution is -2.54. The maximum Gasteiger partial charge on any atom is 0.222 e. The number of likely N-dealkylation sites (N-methyl/N-ethyl adjacent to an activating group) is 1. The number of aliphatic imine (C=N–C) groups is 1. The Bertz CT molecular complexity index is 426. The van der Waals surface area contributed by atoms with Crippen LogP contribution in [-0.2, 0) is 4.79 Å². The fourth-order valence-electron chi connectivity index (χ4n) is 3.39. The van der Waals surface area contributed by atoms with Gasteiger partial charge in [0.1, 0.15) is 0 Å². The lowest BCUT2D eigenvalue weighted by atomic mass is 9.73. The number of carbonyl (C=O) groups is 1. The Kier molecular flexibility index (Phi) is 5.67. The van der Waals surface area contributed by atoms with Crippen molar-refractivity contribution in [3.63, 3.8) is 0 Å². The van der Waals surface area contributed by atoms with Gasteiger partial charge in [0.15, 0.2) is 5.96 Å². The Hall–Kier alpha value is -1.30. The summed E-state index contributed by atoms with van der Waals surface area (Å²) in [6.07, 6.45) is 5.40. The Balaban J connectivity index is 1.84. The SMILES string of the molecule is CN=C(NCC1(C)CCCCC1O)NC1CCC(=O)N(C)C1. The second-order valence-corrected chi connectivity index (χ2v) is 7.00. The van der Waals surface area contributed by atoms with E-state index in [0.29, 0.717) is 13.0 Å². The van der Waals surface area contributed by atoms with E-state index < -0.39 is 0 Å². The van der Waals surface area contributed by atoms with Crippen molar-refractivity contribution in [1.82, 2.24) is 15.5 Å². The minimum Gasteiger partial charge on any atom is -0.392 e. The zero-order chi connectivity index (χ0) is 16.2. The van der Waals surface area contributed by atoms with Crippen LogP contribution in [0.1, 0.15) is 45.4 Å². The predicted molar refractivity (Wildman–Crippen MR) is 87.7 cm³/mol. The van der Waals surface area contributed by atoms with E-state index in [2.05, 4.69) is 22.5 Å². The van der Waals surface area contributed by atoms with Crippen molar-refractivity contribution in [2.75, 3.05) is 27.2 Å². The van der Waals surface area contributed by atoms with Gasteiger partial charge in [-0.1, -0.05) is 19.8 Å². The van der Waals surface area contributed by atoms with Crippen molar-refractivity contribution >= 4 is 11.9 Å². The summed E-state index contributed by atoms with van der Waals surface area (Å²) >= 11 is 0. The summed E-state index contributed by atoms with van der Waals surface area (Å²) in [6.45, 7) is 3.57. The summed E-state index contributed by atoms with van der Waals surface area (Å²) in [7, 11) is 3.60. The number of rotatable bonds is 3. The molecule has 3 N–H and O–H groups in total. The highest BCUT2D eigenvalue weighted by molar-refractivity contribution is 5.81. The number of piperidine rings is 1. The summed E-state index contributed by atoms with van der Waals surface area (Å²) in [5.74, 6) is 0.964. The molecule has 0 aromatic carbocycles. The Morgan fingerprint density at radius 1 is 1.45 bits per heavy atom. The van der Waals surface area contributed by atoms with Gasteiger partial charge in [0, 0.05) is 45.1 Å². The number of carbonyl (C=O) groups excluding carboxylic acids is 1. The first-order valence-corrected chi connectivity index (χ1v) is 8.34. The van der Waals surface area contributed by atoms with Gasteiger partial charge in [-0.05, 0) is 19.3 Å². The van der Waals surface area contributed by atoms with Crippen molar-refractivity contribution in [1.29, 1.82) is 0 Å². The molecule has 1 saturated heterocycles. The van der Waals surface area contributed by atoms with Gasteiger partial charge in [-0.15, -0.1) is 0 Å². The zero-order valence-corrected chi connectivity index (χ0v) is 14.1. The lowest BCUT2D eigenvalue weighted by Gasteiger charge is -2.39. The van der Waals surface area contributed by atoms with Crippen molar-refractivity contribution in [3.05, 3.63) is 0 Å². The average molecular weight is 310 g/mol. The van der Waals surface area contributed by atoms with Gasteiger partial charge in [-0.2, -0.15) is 0 Å². The quantitative estimate of drug-likeness (QED) is 0.530. The molecule has 1 aliphatic carbocycles. The van der Waals surface area contributed by atoms with Crippen LogP contribution in [0.5, 0.6) is 0 Å². The van der Waals surface area contributed by atoms with Crippen LogP contribution in [0.3, 0.4) is 0 Å². The first kappa shape index (κ1) is 17.1. The molecule has 1 saturated carbocycles. The number of hydrogen-bond donors (Lipinski definition) is 3. The number of amides is 1. The van der Waals surface area contributed by atoms with E-state index in [0.717, 1.165) is 38.2 Å². The molecule has 126 valence electrons. The monoisotopic (exact) mass is 310 g/mol. The van der Waals surface area contributed by atoms with Crippen LogP contribution in [0.25, 0.3) is 0 Å². The number of guanidine groups is 1. The average Bonchev–Trinajstić information content (AvgIpc) is 2.50. The van der Waals surface area contributed by atoms with Gasteiger partial charge in [0.2, 0.25) is 5.91 Å². The summed E-state index contributed by atoms with van der Waals surface area (Å²) in [5.41, 5.74) is -0.0881. The third kappa shape index (κ3) is 4.12. The summed E-state index contributed by atoms with van der Waals surface area (Å²) in [6, 6.07) is 0.234. The molecular formula is C16H30N4O2. The summed E-state index contributed by atoms with van der Waals surface area (Å²) in [4.78, 5) is 17.6. The summed E-state index contributed by atoms with van der Waals surface area (Å²) < 4.78 is 0. The van der Waals surface area contributed by atoms with Crippen molar-refractivity contribution < 1.29 is 9.90 Å². The molecule has 0 spiro atoms. The van der Waals surface area contributed by atoms with E-state index in [4.69, 9.17) is 0 Å². The van der Waals surface area contributed by atoms with E-state index in [9.17, 15) is 9.90 Å². The molecule has 2 rings (SSSR count). The van der Waals surface area contributed by atoms with Gasteiger partial charge >= 0.3 is 0 Å². The molecular weight excluding hydrogens is 280 g/mol. The first-order valence-electron chi connectivity index (χ1n) is 8.34. The molecule has 1 heterocycles. The van der Waals surface area contributed by atoms with Crippen molar-refractivity contribution in [2.24, 2.45) is 10.4 Å². The van der Waals surface area contributed by atoms with Crippen molar-refractivity contribution in [2.45, 2.75) is 57.6 Å². The standard InChI is InChI=1S/C16H30N4O2/c1-16(9-5-4-6-13(16)21)11-18-15(17-2)19-12-7-8-14(22)20(3)10-12/h12-13,21H,4-11H2,1-3H3,(H2,17,18,19). The molecule has 2 fully saturated rings. The van der Waals surface area contributed by atoms with Gasteiger partial charge < -0.3 is 20.6 Å². The van der Waals surface area contributed by atoms with Crippen LogP contribution < -0.4 is 10.6 Å². The normalized spacial score (nSPS) is 33.7. The fourth-order valence-corrected chi connectivity index (χ4v) is 3.39. The second-order valence-electron chi connectivity index (χ2n) is 7.00. The topological polar surface area (TPSA) is 77.0 Å². The number of hydrogen-bond acceptors (Lipinski definition) is 3. The van der Waals surface area contributed by atoms with Crippen molar-refractivity contribution in [3.8, 4) is 0 Å². The van der Waals surface area contributed by atoms with Gasteiger partial charge in [-0.3, -0.25) is 9.79 Å². The van der Waals surface area contributed by atoms with Gasteiger partial charge in [-0.25, -0.2) is 0 Å². The van der Waals surface area contributed by atoms with Crippen LogP contribution in [0, 0.1) is 5.41 Å². The highest BCUT2D eigenvalue weighted by Gasteiger charge is 2.35. The first-order chi connectivity index (χ1) is 10.4. The molecule has 2 aliphatic rings. The van der Waals surface area contributed by atoms with Crippen LogP contribution >= 0.6 is 0 Å². The van der Waals surface area contributed by atoms with E-state index in [1.165, 1.54) is 6.42 Å². The van der Waals surface area contributed by atoms with Gasteiger partial charge in [0.05, 0.1) is 6.10 Å². The molecule has 0 aromatic rings. The molecule has 22 heavy (non-hydrogen) atoms. The molecule has 6 nitrogen and oxygen atoms in total. The van der Waals surface area contributed by atoms with E-state index in [1.807, 2.05) is 7.05 Å². The highest BCUT2D eigenvalue weighted by Crippen LogP contribution is 2.35. The number of nitrogens with one attached hydrogen (secondary N) is 2. The molecule has 3 atom stereocenters. The Morgan fingerprint density at radius 3 is 2.86 bits per heavy atom. The van der Waals surface area contributed by atoms with E-state index in [-0.39, 0.29) is 23.5 Å². The maximum atomic E-state index is 11.5. The zero-order valence-electron chi connectivity index (χ0n) is 14.1. The van der Waals surface area contributed by atoms with Crippen LogP contribution in [0.2, 0.25) is 0 Å². The number of aliphatic hydroxyl groups is 1. The maximum absolute atomic E-state index is 11.5. The molecule has 6 heteroatoms. The Morgan fingerprint density at radius 2 is 2.23 bits per heavy atom. The van der Waals surface area contributed by atoms with Crippen LogP contribution in [0.15, 0.2) is 4.99 Å². The Labute approximate surface area is 133 Å². The molecule has 0 aromatic heterocycles. The molecule has 1 aliphatic heterocycles. The van der Waals surface area contributed by atoms with Crippen LogP contribution in [0.4, 0.5) is 0 Å². The van der Waals surface area contributed by atoms with E-state index >= 15 is 0 Å². The van der Waals surface area contributed by atoms with Crippen LogP contribution in [-0.4, -0.2) is 61.2 Å². The fraction of sp³-hybridized carbons (Fsp3) is 0.875. The third-order valence-electron chi connectivity index (χ3n) is 5.13. The predicted octanol–water partition coefficient (Wildman–Crippen LogP) is 0.713. The summed E-state index contributed by atoms with van der Waals surface area (Å²) in [5, 5.41) is 17.0. The lowest BCUT2D eigenvalue weighted by molar-refractivity contribution is -0.132. The number of likely N-dealkylation sites (tertiary alicyclic amines) is 1.